The van der Waals surface area contributed by atoms with Crippen molar-refractivity contribution in [2.24, 2.45) is 0 Å². The smallest absolute Gasteiger partial charge is 0.172 e. The van der Waals surface area contributed by atoms with E-state index in [4.69, 9.17) is 5.73 Å². The van der Waals surface area contributed by atoms with Gasteiger partial charge in [-0.15, -0.1) is 6.58 Å². The molecule has 0 fully saturated rings. The van der Waals surface area contributed by atoms with Crippen LogP contribution in [0.3, 0.4) is 0 Å². The maximum absolute atomic E-state index is 6.06. The minimum Gasteiger partial charge on any atom is -0.381 e. The van der Waals surface area contributed by atoms with E-state index >= 15 is 0 Å². The van der Waals surface area contributed by atoms with Crippen molar-refractivity contribution in [3.63, 3.8) is 0 Å². The van der Waals surface area contributed by atoms with E-state index in [2.05, 4.69) is 42.2 Å². The lowest BCUT2D eigenvalue weighted by Crippen LogP contribution is -2.42. The topological polar surface area (TPSA) is 55.0 Å². The number of nitrogens with two attached hydrogens (primary N) is 1. The molecule has 0 aliphatic rings. The maximum atomic E-state index is 6.06. The number of anilines is 2. The zero-order valence-corrected chi connectivity index (χ0v) is 11.7. The molecule has 0 atom stereocenters. The zero-order chi connectivity index (χ0) is 14.0. The Balaban J connectivity index is 2.59. The molecule has 1 heterocycles. The van der Waals surface area contributed by atoms with Gasteiger partial charge in [0.2, 0.25) is 0 Å². The first-order chi connectivity index (χ1) is 8.93. The van der Waals surface area contributed by atoms with Crippen LogP contribution in [0.5, 0.6) is 0 Å². The Hall–Kier alpha value is -2.10. The van der Waals surface area contributed by atoms with Crippen LogP contribution in [0.4, 0.5) is 11.6 Å². The van der Waals surface area contributed by atoms with E-state index in [0.717, 1.165) is 11.0 Å². The van der Waals surface area contributed by atoms with E-state index in [1.54, 1.807) is 0 Å². The number of hydrogen-bond donors (Lipinski definition) is 1. The molecule has 4 nitrogen and oxygen atoms in total. The normalized spacial score (nSPS) is 11.5. The number of benzene rings is 1. The number of fused-ring (bicyclic) bond motifs is 1. The average molecular weight is 256 g/mol. The highest BCUT2D eigenvalue weighted by Crippen LogP contribution is 2.28. The van der Waals surface area contributed by atoms with E-state index in [-0.39, 0.29) is 5.54 Å². The van der Waals surface area contributed by atoms with Crippen LogP contribution in [0, 0.1) is 0 Å². The van der Waals surface area contributed by atoms with Crippen LogP contribution in [-0.4, -0.2) is 22.1 Å². The van der Waals surface area contributed by atoms with Crippen LogP contribution in [0.25, 0.3) is 11.0 Å². The second kappa shape index (κ2) is 4.88. The van der Waals surface area contributed by atoms with Gasteiger partial charge in [-0.3, -0.25) is 0 Å². The van der Waals surface area contributed by atoms with Crippen LogP contribution in [-0.2, 0) is 0 Å². The molecule has 100 valence electrons. The Morgan fingerprint density at radius 2 is 1.79 bits per heavy atom. The fourth-order valence-electron chi connectivity index (χ4n) is 2.01. The Bertz CT molecular complexity index is 599. The third-order valence-corrected chi connectivity index (χ3v) is 2.96. The predicted molar refractivity (Wildman–Crippen MR) is 81.2 cm³/mol. The Morgan fingerprint density at radius 1 is 1.21 bits per heavy atom. The molecular formula is C15H20N4. The van der Waals surface area contributed by atoms with E-state index < -0.39 is 0 Å². The Kier molecular flexibility index (Phi) is 3.42. The van der Waals surface area contributed by atoms with Crippen molar-refractivity contribution < 1.29 is 0 Å². The van der Waals surface area contributed by atoms with E-state index in [9.17, 15) is 0 Å². The molecule has 0 aliphatic heterocycles. The van der Waals surface area contributed by atoms with Gasteiger partial charge in [0, 0.05) is 12.1 Å². The summed E-state index contributed by atoms with van der Waals surface area (Å²) in [6.45, 7) is 10.8. The maximum Gasteiger partial charge on any atom is 0.172 e. The molecule has 0 unspecified atom stereocenters. The Labute approximate surface area is 114 Å². The molecule has 0 aliphatic carbocycles. The number of nitrogens with zero attached hydrogens (tertiary/aromatic N) is 3. The van der Waals surface area contributed by atoms with Crippen molar-refractivity contribution in [1.82, 2.24) is 9.97 Å². The van der Waals surface area contributed by atoms with Crippen LogP contribution in [0.2, 0.25) is 0 Å². The first-order valence-electron chi connectivity index (χ1n) is 6.34. The molecule has 0 radical (unpaired) electrons. The fourth-order valence-corrected chi connectivity index (χ4v) is 2.01. The lowest BCUT2D eigenvalue weighted by Gasteiger charge is -2.36. The molecule has 2 rings (SSSR count). The van der Waals surface area contributed by atoms with Gasteiger partial charge < -0.3 is 10.6 Å². The third kappa shape index (κ3) is 2.67. The summed E-state index contributed by atoms with van der Waals surface area (Å²) >= 11 is 0. The zero-order valence-electron chi connectivity index (χ0n) is 11.7. The van der Waals surface area contributed by atoms with Crippen molar-refractivity contribution in [2.75, 3.05) is 17.2 Å². The minimum absolute atomic E-state index is 0.0978. The van der Waals surface area contributed by atoms with E-state index in [1.807, 2.05) is 30.3 Å². The molecule has 0 bridgehead atoms. The lowest BCUT2D eigenvalue weighted by atomic mass is 10.1. The number of aromatic nitrogens is 2. The lowest BCUT2D eigenvalue weighted by molar-refractivity contribution is 0.518. The van der Waals surface area contributed by atoms with Gasteiger partial charge >= 0.3 is 0 Å². The van der Waals surface area contributed by atoms with Gasteiger partial charge in [0.05, 0.1) is 11.0 Å². The molecule has 1 aromatic carbocycles. The molecule has 2 aromatic rings. The molecule has 4 heteroatoms. The third-order valence-electron chi connectivity index (χ3n) is 2.96. The van der Waals surface area contributed by atoms with Gasteiger partial charge in [-0.2, -0.15) is 0 Å². The van der Waals surface area contributed by atoms with Gasteiger partial charge in [0.25, 0.3) is 0 Å². The van der Waals surface area contributed by atoms with Crippen molar-refractivity contribution >= 4 is 22.7 Å². The molecular weight excluding hydrogens is 236 g/mol. The van der Waals surface area contributed by atoms with Crippen LogP contribution >= 0.6 is 0 Å². The van der Waals surface area contributed by atoms with Crippen molar-refractivity contribution in [3.05, 3.63) is 36.9 Å². The van der Waals surface area contributed by atoms with Crippen molar-refractivity contribution in [1.29, 1.82) is 0 Å². The number of hydrogen-bond acceptors (Lipinski definition) is 4. The summed E-state index contributed by atoms with van der Waals surface area (Å²) in [6, 6.07) is 7.74. The van der Waals surface area contributed by atoms with Crippen molar-refractivity contribution in [3.8, 4) is 0 Å². The number of nitrogen functional groups attached to an aromatic ring is 1. The quantitative estimate of drug-likeness (QED) is 0.858. The van der Waals surface area contributed by atoms with Crippen LogP contribution in [0.15, 0.2) is 36.9 Å². The van der Waals surface area contributed by atoms with Gasteiger partial charge in [0.1, 0.15) is 0 Å². The number of rotatable bonds is 3. The summed E-state index contributed by atoms with van der Waals surface area (Å²) < 4.78 is 0. The second-order valence-corrected chi connectivity index (χ2v) is 5.49. The molecule has 0 amide bonds. The molecule has 19 heavy (non-hydrogen) atoms. The summed E-state index contributed by atoms with van der Waals surface area (Å²) in [7, 11) is 0. The van der Waals surface area contributed by atoms with Crippen LogP contribution < -0.4 is 10.6 Å². The summed E-state index contributed by atoms with van der Waals surface area (Å²) in [5.41, 5.74) is 7.63. The summed E-state index contributed by atoms with van der Waals surface area (Å²) in [6.07, 6.45) is 1.85. The molecule has 1 aromatic heterocycles. The fraction of sp³-hybridized carbons (Fsp3) is 0.333. The highest BCUT2D eigenvalue weighted by atomic mass is 15.3. The second-order valence-electron chi connectivity index (χ2n) is 5.49. The van der Waals surface area contributed by atoms with Gasteiger partial charge in [-0.05, 0) is 32.9 Å². The van der Waals surface area contributed by atoms with Crippen molar-refractivity contribution in [2.45, 2.75) is 26.3 Å². The highest BCUT2D eigenvalue weighted by Gasteiger charge is 2.24. The summed E-state index contributed by atoms with van der Waals surface area (Å²) in [5.74, 6) is 1.17. The summed E-state index contributed by atoms with van der Waals surface area (Å²) in [4.78, 5) is 11.2. The predicted octanol–water partition coefficient (Wildman–Crippen LogP) is 3.00. The molecule has 0 spiro atoms. The SMILES string of the molecule is C=CCN(c1nc2ccccc2nc1N)C(C)(C)C. The monoisotopic (exact) mass is 256 g/mol. The van der Waals surface area contributed by atoms with Gasteiger partial charge in [-0.1, -0.05) is 18.2 Å². The van der Waals surface area contributed by atoms with Gasteiger partial charge in [0.15, 0.2) is 11.6 Å². The Morgan fingerprint density at radius 3 is 2.32 bits per heavy atom. The first-order valence-corrected chi connectivity index (χ1v) is 6.34. The molecule has 0 saturated carbocycles. The average Bonchev–Trinajstić information content (AvgIpc) is 2.34. The number of para-hydroxylation sites is 2. The van der Waals surface area contributed by atoms with Gasteiger partial charge in [-0.25, -0.2) is 9.97 Å². The largest absolute Gasteiger partial charge is 0.381 e. The van der Waals surface area contributed by atoms with E-state index in [0.29, 0.717) is 18.2 Å². The minimum atomic E-state index is -0.0978. The molecule has 2 N–H and O–H groups in total. The molecule has 0 saturated heterocycles. The van der Waals surface area contributed by atoms with E-state index in [1.165, 1.54) is 0 Å². The summed E-state index contributed by atoms with van der Waals surface area (Å²) in [5, 5.41) is 0. The highest BCUT2D eigenvalue weighted by molar-refractivity contribution is 5.80. The first kappa shape index (κ1) is 13.3. The van der Waals surface area contributed by atoms with Crippen LogP contribution in [0.1, 0.15) is 20.8 Å². The standard InChI is InChI=1S/C15H20N4/c1-5-10-19(15(2,3)4)14-13(16)17-11-8-6-7-9-12(11)18-14/h5-9H,1,10H2,2-4H3,(H2,16,17).